The smallest absolute Gasteiger partial charge is 0.418 e. The predicted molar refractivity (Wildman–Crippen MR) is 145 cm³/mol. The fraction of sp³-hybridized carbons (Fsp3) is 0.536. The van der Waals surface area contributed by atoms with Crippen molar-refractivity contribution in [2.75, 3.05) is 37.0 Å². The average Bonchev–Trinajstić information content (AvgIpc) is 3.62. The maximum Gasteiger partial charge on any atom is 0.418 e. The minimum absolute atomic E-state index is 0.0179. The first-order valence-electron chi connectivity index (χ1n) is 14.1. The predicted octanol–water partition coefficient (Wildman–Crippen LogP) is 4.73. The van der Waals surface area contributed by atoms with Crippen molar-refractivity contribution in [2.24, 2.45) is 5.41 Å². The highest BCUT2D eigenvalue weighted by Gasteiger charge is 2.52. The van der Waals surface area contributed by atoms with Crippen molar-refractivity contribution in [2.45, 2.75) is 62.5 Å². The standard InChI is InChI=1S/C28H27ClF4N6O3/c29-16-6-12(34)5-15(20(16)28(31,32)33)22-21(30)23-19-24(38-26(37-23)42-11-27-7-14(8-27)41-10-27)39-9-13-1-2-17(35-13)18(39)3-4-40-25(19)36-22/h5-6,13-14,17-18,35H,1-4,7-11,34H2/t13-,14?,17+,18+,27?/m0/s1. The molecule has 0 amide bonds. The Morgan fingerprint density at radius 2 is 2.00 bits per heavy atom. The van der Waals surface area contributed by atoms with Crippen LogP contribution in [0.1, 0.15) is 37.7 Å². The molecule has 1 aromatic carbocycles. The molecule has 3 N–H and O–H groups in total. The number of nitrogens with one attached hydrogen (secondary N) is 1. The molecule has 0 radical (unpaired) electrons. The number of hydrogen-bond acceptors (Lipinski definition) is 9. The molecule has 222 valence electrons. The van der Waals surface area contributed by atoms with Crippen LogP contribution in [0.5, 0.6) is 11.9 Å². The number of halogens is 5. The summed E-state index contributed by atoms with van der Waals surface area (Å²) in [6.07, 6.45) is -0.343. The van der Waals surface area contributed by atoms with Crippen LogP contribution in [0.15, 0.2) is 12.1 Å². The first-order chi connectivity index (χ1) is 20.1. The van der Waals surface area contributed by atoms with E-state index in [1.807, 2.05) is 0 Å². The van der Waals surface area contributed by atoms with Crippen LogP contribution in [0, 0.1) is 11.2 Å². The highest BCUT2D eigenvalue weighted by Crippen LogP contribution is 2.51. The molecule has 0 spiro atoms. The number of ether oxygens (including phenoxy) is 3. The summed E-state index contributed by atoms with van der Waals surface area (Å²) in [6, 6.07) is 2.38. The van der Waals surface area contributed by atoms with Gasteiger partial charge in [0, 0.05) is 47.8 Å². The van der Waals surface area contributed by atoms with E-state index < -0.39 is 33.8 Å². The first kappa shape index (κ1) is 26.5. The van der Waals surface area contributed by atoms with Crippen molar-refractivity contribution in [3.8, 4) is 23.1 Å². The van der Waals surface area contributed by atoms with E-state index in [1.165, 1.54) is 0 Å². The molecule has 5 aliphatic heterocycles. The molecule has 2 aromatic heterocycles. The largest absolute Gasteiger partial charge is 0.477 e. The number of alkyl halides is 3. The van der Waals surface area contributed by atoms with Gasteiger partial charge in [0.2, 0.25) is 5.88 Å². The van der Waals surface area contributed by atoms with Crippen LogP contribution in [-0.2, 0) is 10.9 Å². The summed E-state index contributed by atoms with van der Waals surface area (Å²) in [5, 5.41) is 3.18. The van der Waals surface area contributed by atoms with Crippen molar-refractivity contribution in [3.05, 3.63) is 28.5 Å². The second-order valence-electron chi connectivity index (χ2n) is 12.1. The number of piperazine rings is 1. The highest BCUT2D eigenvalue weighted by atomic mass is 35.5. The molecule has 14 heteroatoms. The molecule has 1 aliphatic carbocycles. The number of fused-ring (bicyclic) bond motifs is 6. The molecule has 5 fully saturated rings. The Bertz CT molecular complexity index is 1610. The summed E-state index contributed by atoms with van der Waals surface area (Å²) >= 11 is 6.00. The number of hydrogen-bond donors (Lipinski definition) is 2. The van der Waals surface area contributed by atoms with Gasteiger partial charge in [-0.25, -0.2) is 9.37 Å². The second-order valence-corrected chi connectivity index (χ2v) is 12.5. The SMILES string of the molecule is Nc1cc(Cl)c(C(F)(F)F)c(-c2nc3c4c(nc(OCC56COC(C5)C6)nc4c2F)N2C[C@@H]4CC[C@@H](N4)[C@H]2CCO3)c1. The topological polar surface area (TPSA) is 108 Å². The van der Waals surface area contributed by atoms with Crippen LogP contribution < -0.4 is 25.4 Å². The van der Waals surface area contributed by atoms with E-state index in [4.69, 9.17) is 36.5 Å². The zero-order valence-electron chi connectivity index (χ0n) is 22.3. The minimum atomic E-state index is -4.91. The normalized spacial score (nSPS) is 29.5. The number of anilines is 2. The van der Waals surface area contributed by atoms with Gasteiger partial charge in [0.05, 0.1) is 36.5 Å². The Kier molecular flexibility index (Phi) is 5.78. The molecule has 3 atom stereocenters. The monoisotopic (exact) mass is 606 g/mol. The fourth-order valence-corrected chi connectivity index (χ4v) is 7.67. The quantitative estimate of drug-likeness (QED) is 0.322. The number of aromatic nitrogens is 3. The molecule has 0 unspecified atom stereocenters. The van der Waals surface area contributed by atoms with E-state index >= 15 is 4.39 Å². The lowest BCUT2D eigenvalue weighted by Crippen LogP contribution is -2.59. The van der Waals surface area contributed by atoms with Gasteiger partial charge in [-0.05, 0) is 37.8 Å². The summed E-state index contributed by atoms with van der Waals surface area (Å²) in [6.45, 7) is 1.70. The Morgan fingerprint density at radius 1 is 1.17 bits per heavy atom. The van der Waals surface area contributed by atoms with E-state index in [2.05, 4.69) is 20.2 Å². The Labute approximate surface area is 242 Å². The van der Waals surface area contributed by atoms with Gasteiger partial charge in [0.1, 0.15) is 22.4 Å². The fourth-order valence-electron chi connectivity index (χ4n) is 7.34. The molecule has 9 nitrogen and oxygen atoms in total. The molecule has 6 aliphatic rings. The number of benzene rings is 1. The van der Waals surface area contributed by atoms with Gasteiger partial charge in [0.15, 0.2) is 5.82 Å². The molecular formula is C28H27ClF4N6O3. The minimum Gasteiger partial charge on any atom is -0.477 e. The van der Waals surface area contributed by atoms with Gasteiger partial charge in [-0.1, -0.05) is 11.6 Å². The number of rotatable bonds is 4. The summed E-state index contributed by atoms with van der Waals surface area (Å²) in [7, 11) is 0. The van der Waals surface area contributed by atoms with E-state index in [0.29, 0.717) is 25.4 Å². The molecule has 3 aromatic rings. The number of nitrogens with zero attached hydrogens (tertiary/aromatic N) is 4. The summed E-state index contributed by atoms with van der Waals surface area (Å²) in [4.78, 5) is 15.6. The average molecular weight is 607 g/mol. The van der Waals surface area contributed by atoms with E-state index in [-0.39, 0.29) is 71.3 Å². The van der Waals surface area contributed by atoms with Crippen LogP contribution in [0.2, 0.25) is 5.02 Å². The lowest BCUT2D eigenvalue weighted by atomic mass is 9.71. The van der Waals surface area contributed by atoms with Crippen LogP contribution in [0.25, 0.3) is 22.2 Å². The summed E-state index contributed by atoms with van der Waals surface area (Å²) in [5.74, 6) is -0.720. The van der Waals surface area contributed by atoms with Crippen LogP contribution in [-0.4, -0.2) is 65.5 Å². The molecule has 7 heterocycles. The van der Waals surface area contributed by atoms with Gasteiger partial charge < -0.3 is 30.2 Å². The Morgan fingerprint density at radius 3 is 2.76 bits per heavy atom. The van der Waals surface area contributed by atoms with Gasteiger partial charge in [0.25, 0.3) is 0 Å². The lowest BCUT2D eigenvalue weighted by molar-refractivity contribution is -0.137. The number of nitrogens with two attached hydrogens (primary N) is 1. The van der Waals surface area contributed by atoms with Gasteiger partial charge in [-0.15, -0.1) is 0 Å². The second kappa shape index (κ2) is 9.17. The molecule has 9 rings (SSSR count). The highest BCUT2D eigenvalue weighted by molar-refractivity contribution is 6.32. The van der Waals surface area contributed by atoms with Crippen molar-refractivity contribution in [3.63, 3.8) is 0 Å². The third kappa shape index (κ3) is 4.07. The molecule has 4 bridgehead atoms. The summed E-state index contributed by atoms with van der Waals surface area (Å²) < 4.78 is 77.0. The van der Waals surface area contributed by atoms with Crippen molar-refractivity contribution >= 4 is 34.0 Å². The van der Waals surface area contributed by atoms with Crippen LogP contribution >= 0.6 is 11.6 Å². The lowest BCUT2D eigenvalue weighted by Gasteiger charge is -2.43. The molecule has 1 saturated carbocycles. The molecule has 42 heavy (non-hydrogen) atoms. The first-order valence-corrected chi connectivity index (χ1v) is 14.4. The molecule has 4 saturated heterocycles. The number of pyridine rings is 1. The Hall–Kier alpha value is -3.16. The third-order valence-corrected chi connectivity index (χ3v) is 9.60. The maximum absolute atomic E-state index is 16.6. The zero-order chi connectivity index (χ0) is 29.0. The van der Waals surface area contributed by atoms with E-state index in [9.17, 15) is 13.2 Å². The van der Waals surface area contributed by atoms with Gasteiger partial charge in [-0.3, -0.25) is 0 Å². The van der Waals surface area contributed by atoms with Crippen LogP contribution in [0.4, 0.5) is 29.1 Å². The summed E-state index contributed by atoms with van der Waals surface area (Å²) in [5.41, 5.74) is 2.96. The van der Waals surface area contributed by atoms with Crippen molar-refractivity contribution < 1.29 is 31.8 Å². The van der Waals surface area contributed by atoms with Crippen molar-refractivity contribution in [1.29, 1.82) is 0 Å². The number of nitrogen functional groups attached to an aromatic ring is 1. The van der Waals surface area contributed by atoms with Gasteiger partial charge in [-0.2, -0.15) is 23.1 Å². The van der Waals surface area contributed by atoms with E-state index in [1.54, 1.807) is 0 Å². The third-order valence-electron chi connectivity index (χ3n) is 9.30. The molecular weight excluding hydrogens is 580 g/mol. The van der Waals surface area contributed by atoms with Crippen molar-refractivity contribution in [1.82, 2.24) is 20.3 Å². The van der Waals surface area contributed by atoms with E-state index in [0.717, 1.165) is 37.8 Å². The maximum atomic E-state index is 16.6. The van der Waals surface area contributed by atoms with Gasteiger partial charge >= 0.3 is 12.2 Å². The zero-order valence-corrected chi connectivity index (χ0v) is 23.1. The Balaban J connectivity index is 1.33. The van der Waals surface area contributed by atoms with Crippen LogP contribution in [0.3, 0.4) is 0 Å².